The van der Waals surface area contributed by atoms with Gasteiger partial charge in [0.05, 0.1) is 11.9 Å². The molecule has 7 heteroatoms. The Hall–Kier alpha value is -2.12. The highest BCUT2D eigenvalue weighted by Crippen LogP contribution is 2.19. The number of pyridine rings is 1. The van der Waals surface area contributed by atoms with Gasteiger partial charge in [-0.15, -0.1) is 0 Å². The topological polar surface area (TPSA) is 74.3 Å². The Morgan fingerprint density at radius 2 is 1.81 bits per heavy atom. The van der Waals surface area contributed by atoms with Crippen LogP contribution in [0.3, 0.4) is 0 Å². The monoisotopic (exact) mass is 306 g/mol. The SMILES string of the molecule is Cc1ccccc1Nc1ccc(NS(=O)(=O)N(C)C)cn1. The number of nitrogens with one attached hydrogen (secondary N) is 2. The summed E-state index contributed by atoms with van der Waals surface area (Å²) in [5.41, 5.74) is 2.49. The summed E-state index contributed by atoms with van der Waals surface area (Å²) < 4.78 is 26.9. The molecule has 0 radical (unpaired) electrons. The lowest BCUT2D eigenvalue weighted by atomic mass is 10.2. The summed E-state index contributed by atoms with van der Waals surface area (Å²) in [6.07, 6.45) is 1.47. The lowest BCUT2D eigenvalue weighted by Gasteiger charge is -2.13. The van der Waals surface area contributed by atoms with E-state index in [0.717, 1.165) is 15.6 Å². The van der Waals surface area contributed by atoms with E-state index in [9.17, 15) is 8.42 Å². The Labute approximate surface area is 125 Å². The normalized spacial score (nSPS) is 11.4. The Balaban J connectivity index is 2.11. The first kappa shape index (κ1) is 15.3. The number of anilines is 3. The lowest BCUT2D eigenvalue weighted by molar-refractivity contribution is 0.527. The molecule has 0 aliphatic carbocycles. The van der Waals surface area contributed by atoms with Crippen LogP contribution in [0.5, 0.6) is 0 Å². The van der Waals surface area contributed by atoms with Crippen molar-refractivity contribution < 1.29 is 8.42 Å². The maximum atomic E-state index is 11.7. The molecule has 112 valence electrons. The summed E-state index contributed by atoms with van der Waals surface area (Å²) in [4.78, 5) is 4.20. The van der Waals surface area contributed by atoms with Gasteiger partial charge in [0.25, 0.3) is 0 Å². The van der Waals surface area contributed by atoms with Gasteiger partial charge < -0.3 is 5.32 Å². The van der Waals surface area contributed by atoms with Crippen molar-refractivity contribution in [2.24, 2.45) is 0 Å². The first-order valence-electron chi connectivity index (χ1n) is 6.37. The van der Waals surface area contributed by atoms with Crippen molar-refractivity contribution in [1.82, 2.24) is 9.29 Å². The molecule has 0 bridgehead atoms. The Bertz CT molecular complexity index is 712. The molecule has 2 rings (SSSR count). The minimum atomic E-state index is -3.51. The van der Waals surface area contributed by atoms with Crippen LogP contribution in [0.25, 0.3) is 0 Å². The van der Waals surface area contributed by atoms with Gasteiger partial charge in [-0.2, -0.15) is 12.7 Å². The molecule has 0 saturated heterocycles. The molecule has 2 aromatic rings. The third-order valence-corrected chi connectivity index (χ3v) is 4.35. The molecule has 0 fully saturated rings. The number of benzene rings is 1. The quantitative estimate of drug-likeness (QED) is 0.889. The lowest BCUT2D eigenvalue weighted by Crippen LogP contribution is -2.28. The zero-order valence-corrected chi connectivity index (χ0v) is 13.0. The molecule has 1 heterocycles. The fraction of sp³-hybridized carbons (Fsp3) is 0.214. The number of rotatable bonds is 5. The van der Waals surface area contributed by atoms with Crippen molar-refractivity contribution in [2.75, 3.05) is 24.1 Å². The second kappa shape index (κ2) is 6.11. The van der Waals surface area contributed by atoms with Gasteiger partial charge in [0.1, 0.15) is 5.82 Å². The van der Waals surface area contributed by atoms with E-state index in [1.54, 1.807) is 12.1 Å². The maximum absolute atomic E-state index is 11.7. The van der Waals surface area contributed by atoms with E-state index in [-0.39, 0.29) is 0 Å². The molecule has 2 N–H and O–H groups in total. The molecule has 0 aliphatic heterocycles. The van der Waals surface area contributed by atoms with Crippen LogP contribution in [-0.4, -0.2) is 31.8 Å². The van der Waals surface area contributed by atoms with Crippen molar-refractivity contribution >= 4 is 27.4 Å². The van der Waals surface area contributed by atoms with Crippen LogP contribution in [0.1, 0.15) is 5.56 Å². The van der Waals surface area contributed by atoms with Crippen LogP contribution >= 0.6 is 0 Å². The maximum Gasteiger partial charge on any atom is 0.301 e. The summed E-state index contributed by atoms with van der Waals surface area (Å²) in [7, 11) is -0.582. The molecular weight excluding hydrogens is 288 g/mol. The number of para-hydroxylation sites is 1. The van der Waals surface area contributed by atoms with Gasteiger partial charge in [-0.05, 0) is 30.7 Å². The van der Waals surface area contributed by atoms with Crippen LogP contribution in [0.15, 0.2) is 42.6 Å². The smallest absolute Gasteiger partial charge is 0.301 e. The molecule has 0 saturated carbocycles. The van der Waals surface area contributed by atoms with Crippen LogP contribution in [0.2, 0.25) is 0 Å². The molecular formula is C14H18N4O2S. The van der Waals surface area contributed by atoms with Crippen LogP contribution in [-0.2, 0) is 10.2 Å². The molecule has 0 aliphatic rings. The zero-order valence-electron chi connectivity index (χ0n) is 12.2. The van der Waals surface area contributed by atoms with Crippen LogP contribution in [0.4, 0.5) is 17.2 Å². The number of hydrogen-bond acceptors (Lipinski definition) is 4. The molecule has 1 aromatic carbocycles. The van der Waals surface area contributed by atoms with Crippen molar-refractivity contribution in [2.45, 2.75) is 6.92 Å². The second-order valence-corrected chi connectivity index (χ2v) is 6.65. The fourth-order valence-corrected chi connectivity index (χ4v) is 2.22. The fourth-order valence-electron chi connectivity index (χ4n) is 1.62. The predicted molar refractivity (Wildman–Crippen MR) is 84.9 cm³/mol. The summed E-state index contributed by atoms with van der Waals surface area (Å²) in [6.45, 7) is 2.00. The van der Waals surface area contributed by atoms with Gasteiger partial charge in [-0.3, -0.25) is 4.72 Å². The van der Waals surface area contributed by atoms with E-state index in [1.807, 2.05) is 31.2 Å². The number of nitrogens with zero attached hydrogens (tertiary/aromatic N) is 2. The molecule has 21 heavy (non-hydrogen) atoms. The number of aromatic nitrogens is 1. The van der Waals surface area contributed by atoms with E-state index in [4.69, 9.17) is 0 Å². The first-order chi connectivity index (χ1) is 9.88. The zero-order chi connectivity index (χ0) is 15.5. The van der Waals surface area contributed by atoms with Crippen LogP contribution < -0.4 is 10.0 Å². The third-order valence-electron chi connectivity index (χ3n) is 2.90. The molecule has 0 amide bonds. The largest absolute Gasteiger partial charge is 0.340 e. The Kier molecular flexibility index (Phi) is 4.44. The van der Waals surface area contributed by atoms with Gasteiger partial charge >= 0.3 is 10.2 Å². The Morgan fingerprint density at radius 1 is 1.10 bits per heavy atom. The Morgan fingerprint density at radius 3 is 2.38 bits per heavy atom. The minimum absolute atomic E-state index is 0.416. The van der Waals surface area contributed by atoms with Crippen LogP contribution in [0, 0.1) is 6.92 Å². The summed E-state index contributed by atoms with van der Waals surface area (Å²) >= 11 is 0. The van der Waals surface area contributed by atoms with Crippen molar-refractivity contribution in [3.63, 3.8) is 0 Å². The average Bonchev–Trinajstić information content (AvgIpc) is 2.43. The number of hydrogen-bond donors (Lipinski definition) is 2. The first-order valence-corrected chi connectivity index (χ1v) is 7.81. The second-order valence-electron chi connectivity index (χ2n) is 4.76. The summed E-state index contributed by atoms with van der Waals surface area (Å²) in [5.74, 6) is 0.650. The van der Waals surface area contributed by atoms with E-state index in [1.165, 1.54) is 20.3 Å². The third kappa shape index (κ3) is 3.93. The standard InChI is InChI=1S/C14H18N4O2S/c1-11-6-4-5-7-13(11)16-14-9-8-12(10-15-14)17-21(19,20)18(2)3/h4-10,17H,1-3H3,(H,15,16). The van der Waals surface area contributed by atoms with Gasteiger partial charge in [0.2, 0.25) is 0 Å². The highest BCUT2D eigenvalue weighted by Gasteiger charge is 2.12. The van der Waals surface area contributed by atoms with Gasteiger partial charge in [0.15, 0.2) is 0 Å². The van der Waals surface area contributed by atoms with Gasteiger partial charge in [-0.1, -0.05) is 18.2 Å². The van der Waals surface area contributed by atoms with Crippen molar-refractivity contribution in [3.05, 3.63) is 48.2 Å². The summed E-state index contributed by atoms with van der Waals surface area (Å²) in [6, 6.07) is 11.2. The van der Waals surface area contributed by atoms with Crippen molar-refractivity contribution in [3.8, 4) is 0 Å². The predicted octanol–water partition coefficient (Wildman–Crippen LogP) is 2.35. The average molecular weight is 306 g/mol. The molecule has 1 aromatic heterocycles. The highest BCUT2D eigenvalue weighted by molar-refractivity contribution is 7.90. The minimum Gasteiger partial charge on any atom is -0.340 e. The molecule has 0 unspecified atom stereocenters. The van der Waals surface area contributed by atoms with Crippen molar-refractivity contribution in [1.29, 1.82) is 0 Å². The van der Waals surface area contributed by atoms with Gasteiger partial charge in [0, 0.05) is 19.8 Å². The van der Waals surface area contributed by atoms with Gasteiger partial charge in [-0.25, -0.2) is 4.98 Å². The van der Waals surface area contributed by atoms with E-state index >= 15 is 0 Å². The highest BCUT2D eigenvalue weighted by atomic mass is 32.2. The van der Waals surface area contributed by atoms with E-state index < -0.39 is 10.2 Å². The van der Waals surface area contributed by atoms with E-state index in [2.05, 4.69) is 15.0 Å². The molecule has 6 nitrogen and oxygen atoms in total. The number of aryl methyl sites for hydroxylation is 1. The molecule has 0 spiro atoms. The molecule has 0 atom stereocenters. The summed E-state index contributed by atoms with van der Waals surface area (Å²) in [5, 5.41) is 3.19. The van der Waals surface area contributed by atoms with E-state index in [0.29, 0.717) is 11.5 Å².